The summed E-state index contributed by atoms with van der Waals surface area (Å²) in [5.41, 5.74) is 0.521. The maximum atomic E-state index is 12.4. The summed E-state index contributed by atoms with van der Waals surface area (Å²) >= 11 is 0. The molecule has 9 nitrogen and oxygen atoms in total. The molecule has 1 amide bonds. The van der Waals surface area contributed by atoms with Gasteiger partial charge in [-0.3, -0.25) is 9.48 Å². The highest BCUT2D eigenvalue weighted by Crippen LogP contribution is 2.18. The van der Waals surface area contributed by atoms with Gasteiger partial charge in [0.05, 0.1) is 31.6 Å². The molecule has 2 aromatic rings. The monoisotopic (exact) mass is 360 g/mol. The average Bonchev–Trinajstić information content (AvgIpc) is 3.26. The van der Waals surface area contributed by atoms with Gasteiger partial charge in [-0.1, -0.05) is 0 Å². The lowest BCUT2D eigenvalue weighted by Crippen LogP contribution is -2.19. The van der Waals surface area contributed by atoms with Crippen molar-refractivity contribution in [3.8, 4) is 5.88 Å². The van der Waals surface area contributed by atoms with Crippen LogP contribution in [0.1, 0.15) is 34.1 Å². The third-order valence-electron chi connectivity index (χ3n) is 3.84. The highest BCUT2D eigenvalue weighted by Gasteiger charge is 2.21. The van der Waals surface area contributed by atoms with Gasteiger partial charge in [0.1, 0.15) is 17.5 Å². The lowest BCUT2D eigenvalue weighted by Gasteiger charge is -2.11. The van der Waals surface area contributed by atoms with Crippen molar-refractivity contribution in [2.45, 2.75) is 19.4 Å². The second-order valence-electron chi connectivity index (χ2n) is 5.69. The SMILES string of the molecule is CCOC(=O)c1cnn(C)c1NC(=O)c1ccc(OC2CCOC2)nc1. The molecule has 1 aliphatic heterocycles. The fourth-order valence-corrected chi connectivity index (χ4v) is 2.48. The molecule has 1 aliphatic rings. The normalized spacial score (nSPS) is 16.3. The van der Waals surface area contributed by atoms with Crippen LogP contribution in [0.2, 0.25) is 0 Å². The van der Waals surface area contributed by atoms with E-state index in [4.69, 9.17) is 14.2 Å². The first-order valence-electron chi connectivity index (χ1n) is 8.29. The molecule has 0 saturated carbocycles. The van der Waals surface area contributed by atoms with Crippen LogP contribution in [0.4, 0.5) is 5.82 Å². The van der Waals surface area contributed by atoms with Crippen LogP contribution < -0.4 is 10.1 Å². The van der Waals surface area contributed by atoms with Crippen LogP contribution in [-0.2, 0) is 16.5 Å². The van der Waals surface area contributed by atoms with E-state index in [2.05, 4.69) is 15.4 Å². The number of esters is 1. The number of hydrogen-bond acceptors (Lipinski definition) is 7. The molecule has 138 valence electrons. The van der Waals surface area contributed by atoms with E-state index >= 15 is 0 Å². The first-order valence-corrected chi connectivity index (χ1v) is 8.29. The largest absolute Gasteiger partial charge is 0.472 e. The Morgan fingerprint density at radius 2 is 2.23 bits per heavy atom. The predicted molar refractivity (Wildman–Crippen MR) is 91.2 cm³/mol. The molecule has 1 fully saturated rings. The van der Waals surface area contributed by atoms with Gasteiger partial charge in [-0.05, 0) is 13.0 Å². The fourth-order valence-electron chi connectivity index (χ4n) is 2.48. The number of carbonyl (C=O) groups is 2. The summed E-state index contributed by atoms with van der Waals surface area (Å²) in [5.74, 6) is -0.263. The van der Waals surface area contributed by atoms with Crippen LogP contribution >= 0.6 is 0 Å². The van der Waals surface area contributed by atoms with Crippen molar-refractivity contribution < 1.29 is 23.8 Å². The Morgan fingerprint density at radius 3 is 2.88 bits per heavy atom. The van der Waals surface area contributed by atoms with Crippen LogP contribution in [0.15, 0.2) is 24.5 Å². The quantitative estimate of drug-likeness (QED) is 0.777. The topological polar surface area (TPSA) is 105 Å². The van der Waals surface area contributed by atoms with Crippen LogP contribution in [-0.4, -0.2) is 52.6 Å². The molecule has 2 aromatic heterocycles. The van der Waals surface area contributed by atoms with Gasteiger partial charge in [-0.2, -0.15) is 5.10 Å². The molecule has 9 heteroatoms. The molecule has 0 aliphatic carbocycles. The minimum absolute atomic E-state index is 0.0104. The minimum atomic E-state index is -0.545. The van der Waals surface area contributed by atoms with E-state index in [1.54, 1.807) is 26.1 Å². The Balaban J connectivity index is 1.68. The number of aromatic nitrogens is 3. The maximum absolute atomic E-state index is 12.4. The zero-order valence-electron chi connectivity index (χ0n) is 14.6. The molecular weight excluding hydrogens is 340 g/mol. The number of nitrogens with one attached hydrogen (secondary N) is 1. The highest BCUT2D eigenvalue weighted by molar-refractivity contribution is 6.07. The molecule has 0 radical (unpaired) electrons. The highest BCUT2D eigenvalue weighted by atomic mass is 16.5. The third kappa shape index (κ3) is 3.99. The van der Waals surface area contributed by atoms with Crippen molar-refractivity contribution >= 4 is 17.7 Å². The molecule has 0 aromatic carbocycles. The van der Waals surface area contributed by atoms with Gasteiger partial charge in [0.25, 0.3) is 5.91 Å². The van der Waals surface area contributed by atoms with E-state index in [9.17, 15) is 9.59 Å². The zero-order valence-corrected chi connectivity index (χ0v) is 14.6. The van der Waals surface area contributed by atoms with Crippen molar-refractivity contribution in [2.75, 3.05) is 25.1 Å². The number of amides is 1. The number of nitrogens with zero attached hydrogens (tertiary/aromatic N) is 3. The molecule has 1 saturated heterocycles. The maximum Gasteiger partial charge on any atom is 0.343 e. The zero-order chi connectivity index (χ0) is 18.5. The number of hydrogen-bond donors (Lipinski definition) is 1. The van der Waals surface area contributed by atoms with E-state index in [1.165, 1.54) is 17.1 Å². The van der Waals surface area contributed by atoms with Crippen molar-refractivity contribution in [1.29, 1.82) is 0 Å². The number of rotatable bonds is 6. The summed E-state index contributed by atoms with van der Waals surface area (Å²) in [6, 6.07) is 3.23. The number of carbonyl (C=O) groups excluding carboxylic acids is 2. The first kappa shape index (κ1) is 17.9. The fraction of sp³-hybridized carbons (Fsp3) is 0.412. The standard InChI is InChI=1S/C17H20N4O5/c1-3-25-17(23)13-9-19-21(2)15(13)20-16(22)11-4-5-14(18-8-11)26-12-6-7-24-10-12/h4-5,8-9,12H,3,6-7,10H2,1-2H3,(H,20,22). The van der Waals surface area contributed by atoms with Gasteiger partial charge < -0.3 is 19.5 Å². The average molecular weight is 360 g/mol. The van der Waals surface area contributed by atoms with Crippen LogP contribution in [0, 0.1) is 0 Å². The molecule has 0 spiro atoms. The van der Waals surface area contributed by atoms with Gasteiger partial charge in [0.2, 0.25) is 5.88 Å². The van der Waals surface area contributed by atoms with Crippen molar-refractivity contribution in [3.63, 3.8) is 0 Å². The summed E-state index contributed by atoms with van der Waals surface area (Å²) in [6.07, 6.45) is 3.58. The third-order valence-corrected chi connectivity index (χ3v) is 3.84. The second-order valence-corrected chi connectivity index (χ2v) is 5.69. The van der Waals surface area contributed by atoms with Crippen LogP contribution in [0.3, 0.4) is 0 Å². The predicted octanol–water partition coefficient (Wildman–Crippen LogP) is 1.41. The molecule has 0 bridgehead atoms. The molecule has 3 heterocycles. The van der Waals surface area contributed by atoms with Crippen LogP contribution in [0.25, 0.3) is 0 Å². The minimum Gasteiger partial charge on any atom is -0.472 e. The lowest BCUT2D eigenvalue weighted by molar-refractivity contribution is 0.0527. The summed E-state index contributed by atoms with van der Waals surface area (Å²) in [7, 11) is 1.62. The van der Waals surface area contributed by atoms with Gasteiger partial charge in [-0.15, -0.1) is 0 Å². The molecule has 1 unspecified atom stereocenters. The Bertz CT molecular complexity index is 781. The van der Waals surface area contributed by atoms with Gasteiger partial charge >= 0.3 is 5.97 Å². The van der Waals surface area contributed by atoms with Gasteiger partial charge in [-0.25, -0.2) is 9.78 Å². The summed E-state index contributed by atoms with van der Waals surface area (Å²) in [5, 5.41) is 6.66. The molecule has 1 atom stereocenters. The molecular formula is C17H20N4O5. The number of ether oxygens (including phenoxy) is 3. The Labute approximate surface area is 150 Å². The summed E-state index contributed by atoms with van der Waals surface area (Å²) < 4.78 is 17.3. The molecule has 1 N–H and O–H groups in total. The second kappa shape index (κ2) is 7.96. The Hall–Kier alpha value is -2.94. The van der Waals surface area contributed by atoms with E-state index in [0.29, 0.717) is 24.7 Å². The van der Waals surface area contributed by atoms with E-state index in [-0.39, 0.29) is 24.1 Å². The molecule has 3 rings (SSSR count). The van der Waals surface area contributed by atoms with Gasteiger partial charge in [0.15, 0.2) is 0 Å². The number of aryl methyl sites for hydroxylation is 1. The summed E-state index contributed by atoms with van der Waals surface area (Å²) in [4.78, 5) is 28.5. The van der Waals surface area contributed by atoms with Crippen molar-refractivity contribution in [3.05, 3.63) is 35.7 Å². The van der Waals surface area contributed by atoms with E-state index in [1.807, 2.05) is 0 Å². The molecule has 26 heavy (non-hydrogen) atoms. The van der Waals surface area contributed by atoms with Crippen LogP contribution in [0.5, 0.6) is 5.88 Å². The van der Waals surface area contributed by atoms with Crippen molar-refractivity contribution in [1.82, 2.24) is 14.8 Å². The van der Waals surface area contributed by atoms with E-state index < -0.39 is 11.9 Å². The number of pyridine rings is 1. The van der Waals surface area contributed by atoms with Gasteiger partial charge in [0, 0.05) is 25.7 Å². The first-order chi connectivity index (χ1) is 12.6. The van der Waals surface area contributed by atoms with Crippen molar-refractivity contribution in [2.24, 2.45) is 7.05 Å². The summed E-state index contributed by atoms with van der Waals surface area (Å²) in [6.45, 7) is 3.16. The van der Waals surface area contributed by atoms with E-state index in [0.717, 1.165) is 6.42 Å². The number of anilines is 1. The smallest absolute Gasteiger partial charge is 0.343 e. The lowest BCUT2D eigenvalue weighted by atomic mass is 10.2. The Morgan fingerprint density at radius 1 is 1.38 bits per heavy atom. The Kier molecular flexibility index (Phi) is 5.47.